The summed E-state index contributed by atoms with van der Waals surface area (Å²) in [6, 6.07) is 7.80. The van der Waals surface area contributed by atoms with E-state index in [0.717, 1.165) is 64.9 Å². The van der Waals surface area contributed by atoms with E-state index >= 15 is 0 Å². The highest BCUT2D eigenvalue weighted by Gasteiger charge is 2.20. The van der Waals surface area contributed by atoms with Crippen LogP contribution in [0.1, 0.15) is 32.5 Å². The van der Waals surface area contributed by atoms with E-state index in [-0.39, 0.29) is 0 Å². The molecule has 0 spiro atoms. The molecule has 0 aliphatic heterocycles. The highest BCUT2D eigenvalue weighted by atomic mass is 35.5. The average molecular weight is 358 g/mol. The topological polar surface area (TPSA) is 46.8 Å². The van der Waals surface area contributed by atoms with Crippen LogP contribution in [0.15, 0.2) is 24.3 Å². The van der Waals surface area contributed by atoms with Crippen molar-refractivity contribution in [2.45, 2.75) is 33.6 Å². The van der Waals surface area contributed by atoms with Gasteiger partial charge in [0.1, 0.15) is 11.3 Å². The molecule has 0 fully saturated rings. The first kappa shape index (κ1) is 17.7. The van der Waals surface area contributed by atoms with Crippen LogP contribution in [0.4, 0.5) is 5.82 Å². The van der Waals surface area contributed by atoms with E-state index in [2.05, 4.69) is 18.7 Å². The van der Waals surface area contributed by atoms with Crippen molar-refractivity contribution in [2.75, 3.05) is 18.0 Å². The van der Waals surface area contributed by atoms with Crippen LogP contribution in [0.5, 0.6) is 0 Å². The summed E-state index contributed by atoms with van der Waals surface area (Å²) in [6.07, 6.45) is 2.14. The van der Waals surface area contributed by atoms with Gasteiger partial charge in [-0.25, -0.2) is 9.97 Å². The zero-order valence-corrected chi connectivity index (χ0v) is 16.0. The number of rotatable bonds is 6. The Morgan fingerprint density at radius 2 is 1.64 bits per heavy atom. The van der Waals surface area contributed by atoms with E-state index in [0.29, 0.717) is 0 Å². The standard InChI is InChI=1S/C19H24ClN5/c1-5-11-25(12-6-2)19-17-16(21-13(3)22-19)18(24(4)23-17)14-7-9-15(20)10-8-14/h7-10H,5-6,11-12H2,1-4H3. The molecule has 0 aliphatic rings. The molecule has 0 saturated carbocycles. The van der Waals surface area contributed by atoms with Gasteiger partial charge in [-0.05, 0) is 31.9 Å². The molecule has 2 aromatic heterocycles. The van der Waals surface area contributed by atoms with E-state index in [1.807, 2.05) is 42.9 Å². The van der Waals surface area contributed by atoms with Crippen LogP contribution >= 0.6 is 11.6 Å². The number of hydrogen-bond acceptors (Lipinski definition) is 4. The van der Waals surface area contributed by atoms with Gasteiger partial charge in [0.25, 0.3) is 0 Å². The predicted molar refractivity (Wildman–Crippen MR) is 104 cm³/mol. The van der Waals surface area contributed by atoms with Gasteiger partial charge in [-0.2, -0.15) is 5.10 Å². The van der Waals surface area contributed by atoms with E-state index < -0.39 is 0 Å². The molecular weight excluding hydrogens is 334 g/mol. The lowest BCUT2D eigenvalue weighted by Gasteiger charge is -2.22. The third-order valence-corrected chi connectivity index (χ3v) is 4.43. The fourth-order valence-corrected chi connectivity index (χ4v) is 3.30. The number of aryl methyl sites for hydroxylation is 2. The lowest BCUT2D eigenvalue weighted by molar-refractivity contribution is 0.730. The summed E-state index contributed by atoms with van der Waals surface area (Å²) in [4.78, 5) is 11.7. The van der Waals surface area contributed by atoms with E-state index in [9.17, 15) is 0 Å². The Balaban J connectivity index is 2.21. The van der Waals surface area contributed by atoms with Crippen LogP contribution in [-0.2, 0) is 7.05 Å². The van der Waals surface area contributed by atoms with Gasteiger partial charge in [0.05, 0.1) is 5.69 Å². The number of halogens is 1. The van der Waals surface area contributed by atoms with Gasteiger partial charge >= 0.3 is 0 Å². The highest BCUT2D eigenvalue weighted by Crippen LogP contribution is 2.32. The maximum atomic E-state index is 6.04. The number of hydrogen-bond donors (Lipinski definition) is 0. The molecule has 25 heavy (non-hydrogen) atoms. The van der Waals surface area contributed by atoms with Crippen molar-refractivity contribution in [3.8, 4) is 11.3 Å². The molecule has 3 aromatic rings. The molecule has 6 heteroatoms. The van der Waals surface area contributed by atoms with Crippen molar-refractivity contribution in [2.24, 2.45) is 7.05 Å². The third kappa shape index (κ3) is 3.47. The number of nitrogens with zero attached hydrogens (tertiary/aromatic N) is 5. The van der Waals surface area contributed by atoms with Crippen molar-refractivity contribution in [3.63, 3.8) is 0 Å². The Kier molecular flexibility index (Phi) is 5.23. The Bertz CT molecular complexity index is 864. The van der Waals surface area contributed by atoms with E-state index in [4.69, 9.17) is 26.7 Å². The zero-order chi connectivity index (χ0) is 18.0. The van der Waals surface area contributed by atoms with Gasteiger partial charge in [-0.15, -0.1) is 0 Å². The van der Waals surface area contributed by atoms with Crippen LogP contribution in [-0.4, -0.2) is 32.8 Å². The van der Waals surface area contributed by atoms with Crippen LogP contribution in [0.3, 0.4) is 0 Å². The molecule has 0 radical (unpaired) electrons. The van der Waals surface area contributed by atoms with Gasteiger partial charge in [0, 0.05) is 30.7 Å². The summed E-state index contributed by atoms with van der Waals surface area (Å²) in [7, 11) is 1.95. The summed E-state index contributed by atoms with van der Waals surface area (Å²) in [5.74, 6) is 1.70. The molecule has 0 bridgehead atoms. The lowest BCUT2D eigenvalue weighted by atomic mass is 10.1. The molecule has 1 aromatic carbocycles. The van der Waals surface area contributed by atoms with Gasteiger partial charge < -0.3 is 4.90 Å². The van der Waals surface area contributed by atoms with Crippen LogP contribution in [0.25, 0.3) is 22.3 Å². The molecule has 0 N–H and O–H groups in total. The average Bonchev–Trinajstić information content (AvgIpc) is 2.91. The minimum absolute atomic E-state index is 0.721. The molecule has 0 atom stereocenters. The summed E-state index contributed by atoms with van der Waals surface area (Å²) in [5, 5.41) is 5.48. The number of aromatic nitrogens is 4. The number of benzene rings is 1. The summed E-state index contributed by atoms with van der Waals surface area (Å²) < 4.78 is 1.89. The Morgan fingerprint density at radius 3 is 2.24 bits per heavy atom. The van der Waals surface area contributed by atoms with Crippen LogP contribution < -0.4 is 4.90 Å². The van der Waals surface area contributed by atoms with Crippen LogP contribution in [0, 0.1) is 6.92 Å². The van der Waals surface area contributed by atoms with Crippen LogP contribution in [0.2, 0.25) is 5.02 Å². The fourth-order valence-electron chi connectivity index (χ4n) is 3.18. The molecule has 132 valence electrons. The first-order valence-electron chi connectivity index (χ1n) is 8.77. The van der Waals surface area contributed by atoms with Gasteiger partial charge in [0.15, 0.2) is 11.3 Å². The largest absolute Gasteiger partial charge is 0.355 e. The Hall–Kier alpha value is -2.14. The maximum Gasteiger partial charge on any atom is 0.160 e. The first-order chi connectivity index (χ1) is 12.0. The van der Waals surface area contributed by atoms with Gasteiger partial charge in [-0.3, -0.25) is 4.68 Å². The molecule has 2 heterocycles. The first-order valence-corrected chi connectivity index (χ1v) is 9.15. The second-order valence-electron chi connectivity index (χ2n) is 6.26. The summed E-state index contributed by atoms with van der Waals surface area (Å²) in [6.45, 7) is 8.24. The Labute approximate surface area is 153 Å². The second-order valence-corrected chi connectivity index (χ2v) is 6.69. The predicted octanol–water partition coefficient (Wildman–Crippen LogP) is 4.62. The fraction of sp³-hybridized carbons (Fsp3) is 0.421. The molecular formula is C19H24ClN5. The minimum Gasteiger partial charge on any atom is -0.355 e. The SMILES string of the molecule is CCCN(CCC)c1nc(C)nc2c(-c3ccc(Cl)cc3)n(C)nc12. The quantitative estimate of drug-likeness (QED) is 0.645. The number of anilines is 1. The van der Waals surface area contributed by atoms with Crippen molar-refractivity contribution in [1.29, 1.82) is 0 Å². The highest BCUT2D eigenvalue weighted by molar-refractivity contribution is 6.30. The molecule has 0 aliphatic carbocycles. The minimum atomic E-state index is 0.721. The molecule has 0 unspecified atom stereocenters. The van der Waals surface area contributed by atoms with Crippen molar-refractivity contribution in [3.05, 3.63) is 35.1 Å². The zero-order valence-electron chi connectivity index (χ0n) is 15.3. The van der Waals surface area contributed by atoms with Crippen molar-refractivity contribution >= 4 is 28.5 Å². The Morgan fingerprint density at radius 1 is 1.00 bits per heavy atom. The van der Waals surface area contributed by atoms with Gasteiger partial charge in [-0.1, -0.05) is 37.6 Å². The molecule has 0 amide bonds. The van der Waals surface area contributed by atoms with Crippen molar-refractivity contribution < 1.29 is 0 Å². The van der Waals surface area contributed by atoms with Crippen molar-refractivity contribution in [1.82, 2.24) is 19.7 Å². The van der Waals surface area contributed by atoms with E-state index in [1.165, 1.54) is 0 Å². The van der Waals surface area contributed by atoms with E-state index in [1.54, 1.807) is 0 Å². The maximum absolute atomic E-state index is 6.04. The third-order valence-electron chi connectivity index (χ3n) is 4.18. The van der Waals surface area contributed by atoms with Gasteiger partial charge in [0.2, 0.25) is 0 Å². The smallest absolute Gasteiger partial charge is 0.160 e. The molecule has 5 nitrogen and oxygen atoms in total. The monoisotopic (exact) mass is 357 g/mol. The second kappa shape index (κ2) is 7.40. The summed E-state index contributed by atoms with van der Waals surface area (Å²) in [5.41, 5.74) is 3.80. The lowest BCUT2D eigenvalue weighted by Crippen LogP contribution is -2.26. The molecule has 3 rings (SSSR count). The normalized spacial score (nSPS) is 11.2. The number of fused-ring (bicyclic) bond motifs is 1. The molecule has 0 saturated heterocycles. The summed E-state index contributed by atoms with van der Waals surface area (Å²) >= 11 is 6.04.